The van der Waals surface area contributed by atoms with Crippen LogP contribution in [0, 0.1) is 30.4 Å². The summed E-state index contributed by atoms with van der Waals surface area (Å²) >= 11 is 0. The summed E-state index contributed by atoms with van der Waals surface area (Å²) in [6.07, 6.45) is 2.76. The number of benzene rings is 1. The highest BCUT2D eigenvalue weighted by Crippen LogP contribution is 2.45. The van der Waals surface area contributed by atoms with Gasteiger partial charge in [0.1, 0.15) is 17.1 Å². The fourth-order valence-electron chi connectivity index (χ4n) is 4.99. The molecule has 0 aliphatic carbocycles. The molecular formula is C23H26F2N4O2. The maximum Gasteiger partial charge on any atom is 0.236 e. The Hall–Kier alpha value is -2.84. The van der Waals surface area contributed by atoms with Gasteiger partial charge in [-0.05, 0) is 35.7 Å². The molecule has 1 amide bonds. The average molecular weight is 428 g/mol. The molecule has 164 valence electrons. The number of H-pyrrole nitrogens is 1. The van der Waals surface area contributed by atoms with E-state index in [2.05, 4.69) is 9.97 Å². The van der Waals surface area contributed by atoms with Gasteiger partial charge in [-0.25, -0.2) is 13.8 Å². The molecule has 0 radical (unpaired) electrons. The lowest BCUT2D eigenvalue weighted by Gasteiger charge is -2.48. The first-order chi connectivity index (χ1) is 14.7. The van der Waals surface area contributed by atoms with Crippen molar-refractivity contribution >= 4 is 16.9 Å². The van der Waals surface area contributed by atoms with Crippen LogP contribution >= 0.6 is 0 Å². The molecule has 3 atom stereocenters. The number of aromatic nitrogens is 2. The van der Waals surface area contributed by atoms with Crippen LogP contribution in [0.2, 0.25) is 0 Å². The van der Waals surface area contributed by atoms with Gasteiger partial charge in [-0.15, -0.1) is 0 Å². The Balaban J connectivity index is 1.79. The summed E-state index contributed by atoms with van der Waals surface area (Å²) in [4.78, 5) is 20.6. The van der Waals surface area contributed by atoms with E-state index in [1.54, 1.807) is 37.8 Å². The SMILES string of the molecule is Cc1cc(-c2ccnc3[nH]cc(F)c23)cc(F)c1C1(O)[C@H](C)CN(C(=O)CN)C[C@@H]1C. The Kier molecular flexibility index (Phi) is 5.31. The van der Waals surface area contributed by atoms with E-state index in [1.165, 1.54) is 18.5 Å². The number of amides is 1. The largest absolute Gasteiger partial charge is 0.384 e. The molecule has 4 N–H and O–H groups in total. The van der Waals surface area contributed by atoms with Crippen molar-refractivity contribution in [3.8, 4) is 11.1 Å². The van der Waals surface area contributed by atoms with Gasteiger partial charge in [-0.2, -0.15) is 0 Å². The summed E-state index contributed by atoms with van der Waals surface area (Å²) in [5, 5.41) is 12.0. The van der Waals surface area contributed by atoms with E-state index in [1.807, 2.05) is 0 Å². The first kappa shape index (κ1) is 21.4. The number of carbonyl (C=O) groups excluding carboxylic acids is 1. The molecule has 3 heterocycles. The van der Waals surface area contributed by atoms with Crippen molar-refractivity contribution < 1.29 is 18.7 Å². The number of hydrogen-bond acceptors (Lipinski definition) is 4. The summed E-state index contributed by atoms with van der Waals surface area (Å²) in [5.74, 6) is -2.02. The van der Waals surface area contributed by atoms with E-state index in [0.717, 1.165) is 0 Å². The molecule has 31 heavy (non-hydrogen) atoms. The normalized spacial score (nSPS) is 24.0. The van der Waals surface area contributed by atoms with E-state index in [4.69, 9.17) is 5.73 Å². The van der Waals surface area contributed by atoms with Crippen LogP contribution in [0.5, 0.6) is 0 Å². The van der Waals surface area contributed by atoms with Crippen LogP contribution in [0.3, 0.4) is 0 Å². The van der Waals surface area contributed by atoms with E-state index in [9.17, 15) is 14.3 Å². The monoisotopic (exact) mass is 428 g/mol. The zero-order valence-corrected chi connectivity index (χ0v) is 17.7. The highest BCUT2D eigenvalue weighted by molar-refractivity contribution is 5.93. The van der Waals surface area contributed by atoms with Gasteiger partial charge in [-0.3, -0.25) is 4.79 Å². The minimum absolute atomic E-state index is 0.101. The molecule has 1 saturated heterocycles. The number of fused-ring (bicyclic) bond motifs is 1. The van der Waals surface area contributed by atoms with Gasteiger partial charge in [-0.1, -0.05) is 19.9 Å². The number of rotatable bonds is 3. The lowest BCUT2D eigenvalue weighted by atomic mass is 9.69. The van der Waals surface area contributed by atoms with Crippen LogP contribution in [-0.4, -0.2) is 45.5 Å². The van der Waals surface area contributed by atoms with Gasteiger partial charge in [0.25, 0.3) is 0 Å². The predicted molar refractivity (Wildman–Crippen MR) is 114 cm³/mol. The fourth-order valence-corrected chi connectivity index (χ4v) is 4.99. The van der Waals surface area contributed by atoms with Crippen molar-refractivity contribution in [3.63, 3.8) is 0 Å². The van der Waals surface area contributed by atoms with E-state index >= 15 is 4.39 Å². The first-order valence-corrected chi connectivity index (χ1v) is 10.3. The van der Waals surface area contributed by atoms with Crippen LogP contribution in [0.4, 0.5) is 8.78 Å². The van der Waals surface area contributed by atoms with Crippen LogP contribution in [0.25, 0.3) is 22.2 Å². The second-order valence-corrected chi connectivity index (χ2v) is 8.50. The van der Waals surface area contributed by atoms with Crippen molar-refractivity contribution in [2.45, 2.75) is 26.4 Å². The molecule has 4 rings (SSSR count). The van der Waals surface area contributed by atoms with Gasteiger partial charge < -0.3 is 20.7 Å². The van der Waals surface area contributed by atoms with E-state index in [-0.39, 0.29) is 31.1 Å². The molecule has 0 spiro atoms. The zero-order chi connectivity index (χ0) is 22.5. The number of piperidine rings is 1. The van der Waals surface area contributed by atoms with Crippen molar-refractivity contribution in [3.05, 3.63) is 53.4 Å². The maximum absolute atomic E-state index is 15.5. The number of aryl methyl sites for hydroxylation is 1. The van der Waals surface area contributed by atoms with E-state index in [0.29, 0.717) is 27.7 Å². The molecule has 1 aliphatic rings. The van der Waals surface area contributed by atoms with Crippen LogP contribution < -0.4 is 5.73 Å². The third kappa shape index (κ3) is 3.30. The molecule has 1 fully saturated rings. The fraction of sp³-hybridized carbons (Fsp3) is 0.391. The summed E-state index contributed by atoms with van der Waals surface area (Å²) in [5.41, 5.74) is 6.23. The number of hydrogen-bond donors (Lipinski definition) is 3. The van der Waals surface area contributed by atoms with Crippen LogP contribution in [0.1, 0.15) is 25.0 Å². The number of carbonyl (C=O) groups is 1. The highest BCUT2D eigenvalue weighted by Gasteiger charge is 2.48. The molecule has 0 bridgehead atoms. The number of nitrogens with two attached hydrogens (primary N) is 1. The summed E-state index contributed by atoms with van der Waals surface area (Å²) in [6, 6.07) is 4.73. The number of likely N-dealkylation sites (tertiary alicyclic amines) is 1. The van der Waals surface area contributed by atoms with Crippen molar-refractivity contribution in [1.29, 1.82) is 0 Å². The van der Waals surface area contributed by atoms with Crippen LogP contribution in [-0.2, 0) is 10.4 Å². The molecular weight excluding hydrogens is 402 g/mol. The summed E-state index contributed by atoms with van der Waals surface area (Å²) in [6.45, 7) is 5.83. The molecule has 0 saturated carbocycles. The second-order valence-electron chi connectivity index (χ2n) is 8.50. The molecule has 1 aliphatic heterocycles. The molecule has 3 aromatic rings. The van der Waals surface area contributed by atoms with Gasteiger partial charge in [0.15, 0.2) is 5.82 Å². The standard InChI is InChI=1S/C23H26F2N4O2/c1-12-6-15(16-4-5-27-22-20(16)18(25)9-28-22)7-17(24)21(12)23(31)13(2)10-29(11-14(23)3)19(30)8-26/h4-7,9,13-14,31H,8,10-11,26H2,1-3H3,(H,27,28)/t13-,14+,23?. The number of halogens is 2. The molecule has 1 aromatic carbocycles. The minimum Gasteiger partial charge on any atom is -0.384 e. The quantitative estimate of drug-likeness (QED) is 0.598. The first-order valence-electron chi connectivity index (χ1n) is 10.3. The predicted octanol–water partition coefficient (Wildman–Crippen LogP) is 3.08. The second kappa shape index (κ2) is 7.69. The number of aliphatic hydroxyl groups is 1. The van der Waals surface area contributed by atoms with Gasteiger partial charge in [0.05, 0.1) is 11.9 Å². The number of pyridine rings is 1. The topological polar surface area (TPSA) is 95.2 Å². The third-order valence-corrected chi connectivity index (χ3v) is 6.54. The minimum atomic E-state index is -1.45. The van der Waals surface area contributed by atoms with Crippen molar-refractivity contribution in [2.24, 2.45) is 17.6 Å². The van der Waals surface area contributed by atoms with Gasteiger partial charge >= 0.3 is 0 Å². The van der Waals surface area contributed by atoms with Crippen LogP contribution in [0.15, 0.2) is 30.6 Å². The number of nitrogens with one attached hydrogen (secondary N) is 1. The number of aromatic amines is 1. The molecule has 1 unspecified atom stereocenters. The summed E-state index contributed by atoms with van der Waals surface area (Å²) in [7, 11) is 0. The number of nitrogens with zero attached hydrogens (tertiary/aromatic N) is 2. The Morgan fingerprint density at radius 3 is 2.58 bits per heavy atom. The third-order valence-electron chi connectivity index (χ3n) is 6.54. The maximum atomic E-state index is 15.5. The Labute approximate surface area is 179 Å². The lowest BCUT2D eigenvalue weighted by molar-refractivity contribution is -0.148. The van der Waals surface area contributed by atoms with Gasteiger partial charge in [0.2, 0.25) is 5.91 Å². The average Bonchev–Trinajstić information content (AvgIpc) is 3.11. The van der Waals surface area contributed by atoms with E-state index < -0.39 is 29.1 Å². The smallest absolute Gasteiger partial charge is 0.236 e. The van der Waals surface area contributed by atoms with Crippen molar-refractivity contribution in [1.82, 2.24) is 14.9 Å². The molecule has 8 heteroatoms. The molecule has 6 nitrogen and oxygen atoms in total. The Bertz CT molecular complexity index is 1120. The summed E-state index contributed by atoms with van der Waals surface area (Å²) < 4.78 is 29.9. The molecule has 2 aromatic heterocycles. The Morgan fingerprint density at radius 2 is 1.97 bits per heavy atom. The van der Waals surface area contributed by atoms with Crippen molar-refractivity contribution in [2.75, 3.05) is 19.6 Å². The van der Waals surface area contributed by atoms with Gasteiger partial charge in [0, 0.05) is 42.9 Å². The zero-order valence-electron chi connectivity index (χ0n) is 17.7. The highest BCUT2D eigenvalue weighted by atomic mass is 19.1. The lowest BCUT2D eigenvalue weighted by Crippen LogP contribution is -2.57. The Morgan fingerprint density at radius 1 is 1.29 bits per heavy atom.